The van der Waals surface area contributed by atoms with Gasteiger partial charge in [0.05, 0.1) is 11.5 Å². The summed E-state index contributed by atoms with van der Waals surface area (Å²) in [5, 5.41) is 2.45. The van der Waals surface area contributed by atoms with Crippen LogP contribution < -0.4 is 5.32 Å². The molecular formula is C14H14ClF4NO. The minimum absolute atomic E-state index is 0.0214. The Bertz CT molecular complexity index is 532. The number of alkyl halides is 3. The second-order valence-corrected chi connectivity index (χ2v) is 5.57. The number of benzene rings is 1. The van der Waals surface area contributed by atoms with Crippen LogP contribution in [0.4, 0.5) is 17.6 Å². The monoisotopic (exact) mass is 323 g/mol. The second-order valence-electron chi connectivity index (χ2n) is 5.14. The summed E-state index contributed by atoms with van der Waals surface area (Å²) in [7, 11) is 0. The van der Waals surface area contributed by atoms with E-state index in [1.807, 2.05) is 0 Å². The first-order chi connectivity index (χ1) is 9.79. The summed E-state index contributed by atoms with van der Waals surface area (Å²) in [6, 6.07) is 2.37. The predicted octanol–water partition coefficient (Wildman–Crippen LogP) is 4.33. The largest absolute Gasteiger partial charge is 0.393 e. The van der Waals surface area contributed by atoms with E-state index in [9.17, 15) is 22.4 Å². The number of halogens is 5. The van der Waals surface area contributed by atoms with Crippen LogP contribution in [0.15, 0.2) is 18.2 Å². The molecule has 1 aromatic rings. The maximum absolute atomic E-state index is 13.6. The van der Waals surface area contributed by atoms with Crippen molar-refractivity contribution in [3.8, 4) is 0 Å². The number of amides is 1. The van der Waals surface area contributed by atoms with Gasteiger partial charge in [-0.05, 0) is 31.0 Å². The van der Waals surface area contributed by atoms with Gasteiger partial charge >= 0.3 is 6.18 Å². The highest BCUT2D eigenvalue weighted by molar-refractivity contribution is 6.31. The SMILES string of the molecule is O=C(N[C@@H]1CCCC[C@H]1C(F)(F)F)c1cc(Cl)ccc1F. The molecule has 1 aliphatic carbocycles. The van der Waals surface area contributed by atoms with Gasteiger partial charge in [-0.3, -0.25) is 4.79 Å². The normalized spacial score (nSPS) is 22.9. The first-order valence-electron chi connectivity index (χ1n) is 6.61. The molecule has 1 N–H and O–H groups in total. The van der Waals surface area contributed by atoms with Gasteiger partial charge in [0.1, 0.15) is 5.82 Å². The Morgan fingerprint density at radius 2 is 1.90 bits per heavy atom. The fourth-order valence-electron chi connectivity index (χ4n) is 2.61. The molecule has 116 valence electrons. The molecule has 0 saturated heterocycles. The van der Waals surface area contributed by atoms with Crippen molar-refractivity contribution >= 4 is 17.5 Å². The molecule has 1 aliphatic rings. The summed E-state index contributed by atoms with van der Waals surface area (Å²) >= 11 is 5.68. The lowest BCUT2D eigenvalue weighted by atomic mass is 9.84. The molecule has 0 heterocycles. The van der Waals surface area contributed by atoms with Crippen molar-refractivity contribution in [3.05, 3.63) is 34.6 Å². The van der Waals surface area contributed by atoms with Crippen LogP contribution in [0.5, 0.6) is 0 Å². The summed E-state index contributed by atoms with van der Waals surface area (Å²) in [5.41, 5.74) is -0.339. The molecule has 2 atom stereocenters. The van der Waals surface area contributed by atoms with Crippen molar-refractivity contribution in [1.82, 2.24) is 5.32 Å². The summed E-state index contributed by atoms with van der Waals surface area (Å²) in [4.78, 5) is 12.0. The topological polar surface area (TPSA) is 29.1 Å². The number of carbonyl (C=O) groups excluding carboxylic acids is 1. The summed E-state index contributed by atoms with van der Waals surface area (Å²) in [5.74, 6) is -3.26. The van der Waals surface area contributed by atoms with E-state index in [1.165, 1.54) is 6.07 Å². The molecule has 0 spiro atoms. The Balaban J connectivity index is 2.15. The van der Waals surface area contributed by atoms with Crippen LogP contribution in [0, 0.1) is 11.7 Å². The van der Waals surface area contributed by atoms with Gasteiger partial charge in [0.15, 0.2) is 0 Å². The van der Waals surface area contributed by atoms with Gasteiger partial charge in [-0.25, -0.2) is 4.39 Å². The van der Waals surface area contributed by atoms with Crippen LogP contribution >= 0.6 is 11.6 Å². The lowest BCUT2D eigenvalue weighted by Gasteiger charge is -2.33. The average molecular weight is 324 g/mol. The highest BCUT2D eigenvalue weighted by Gasteiger charge is 2.46. The van der Waals surface area contributed by atoms with Crippen molar-refractivity contribution in [2.45, 2.75) is 37.9 Å². The van der Waals surface area contributed by atoms with E-state index in [0.29, 0.717) is 12.8 Å². The average Bonchev–Trinajstić information content (AvgIpc) is 2.41. The number of carbonyl (C=O) groups is 1. The molecule has 0 aliphatic heterocycles. The Labute approximate surface area is 124 Å². The molecule has 21 heavy (non-hydrogen) atoms. The van der Waals surface area contributed by atoms with Crippen molar-refractivity contribution in [1.29, 1.82) is 0 Å². The Morgan fingerprint density at radius 1 is 1.24 bits per heavy atom. The van der Waals surface area contributed by atoms with Gasteiger partial charge in [-0.15, -0.1) is 0 Å². The molecule has 1 saturated carbocycles. The molecule has 2 nitrogen and oxygen atoms in total. The molecular weight excluding hydrogens is 310 g/mol. The van der Waals surface area contributed by atoms with Crippen LogP contribution in [0.2, 0.25) is 5.02 Å². The van der Waals surface area contributed by atoms with E-state index in [4.69, 9.17) is 11.6 Å². The highest BCUT2D eigenvalue weighted by Crippen LogP contribution is 2.37. The number of nitrogens with one attached hydrogen (secondary N) is 1. The smallest absolute Gasteiger partial charge is 0.349 e. The van der Waals surface area contributed by atoms with Crippen LogP contribution in [0.1, 0.15) is 36.0 Å². The molecule has 2 rings (SSSR count). The zero-order valence-electron chi connectivity index (χ0n) is 11.0. The molecule has 0 bridgehead atoms. The van der Waals surface area contributed by atoms with Crippen LogP contribution in [-0.2, 0) is 0 Å². The van der Waals surface area contributed by atoms with Gasteiger partial charge in [-0.2, -0.15) is 13.2 Å². The van der Waals surface area contributed by atoms with E-state index in [1.54, 1.807) is 0 Å². The highest BCUT2D eigenvalue weighted by atomic mass is 35.5. The quantitative estimate of drug-likeness (QED) is 0.806. The van der Waals surface area contributed by atoms with E-state index in [0.717, 1.165) is 12.1 Å². The fourth-order valence-corrected chi connectivity index (χ4v) is 2.79. The van der Waals surface area contributed by atoms with Gasteiger partial charge in [0.2, 0.25) is 0 Å². The van der Waals surface area contributed by atoms with E-state index in [-0.39, 0.29) is 23.4 Å². The van der Waals surface area contributed by atoms with Gasteiger partial charge < -0.3 is 5.32 Å². The molecule has 1 amide bonds. The summed E-state index contributed by atoms with van der Waals surface area (Å²) in [6.07, 6.45) is -3.08. The lowest BCUT2D eigenvalue weighted by Crippen LogP contribution is -2.47. The molecule has 0 unspecified atom stereocenters. The van der Waals surface area contributed by atoms with Crippen molar-refractivity contribution in [2.75, 3.05) is 0 Å². The number of hydrogen-bond acceptors (Lipinski definition) is 1. The molecule has 7 heteroatoms. The minimum atomic E-state index is -4.37. The van der Waals surface area contributed by atoms with E-state index < -0.39 is 29.9 Å². The minimum Gasteiger partial charge on any atom is -0.349 e. The second kappa shape index (κ2) is 6.22. The maximum atomic E-state index is 13.6. The standard InChI is InChI=1S/C14H14ClF4NO/c15-8-5-6-11(16)9(7-8)13(21)20-12-4-2-1-3-10(12)14(17,18)19/h5-7,10,12H,1-4H2,(H,20,21)/t10-,12-/m1/s1. The molecule has 0 radical (unpaired) electrons. The molecule has 0 aromatic heterocycles. The Hall–Kier alpha value is -1.30. The van der Waals surface area contributed by atoms with Crippen LogP contribution in [0.3, 0.4) is 0 Å². The Morgan fingerprint density at radius 3 is 2.57 bits per heavy atom. The first kappa shape index (κ1) is 16.1. The van der Waals surface area contributed by atoms with Crippen molar-refractivity contribution in [2.24, 2.45) is 5.92 Å². The van der Waals surface area contributed by atoms with Gasteiger partial charge in [-0.1, -0.05) is 24.4 Å². The zero-order valence-corrected chi connectivity index (χ0v) is 11.8. The van der Waals surface area contributed by atoms with Crippen molar-refractivity contribution < 1.29 is 22.4 Å². The first-order valence-corrected chi connectivity index (χ1v) is 6.99. The van der Waals surface area contributed by atoms with Crippen LogP contribution in [0.25, 0.3) is 0 Å². The summed E-state index contributed by atoms with van der Waals surface area (Å²) in [6.45, 7) is 0. The summed E-state index contributed by atoms with van der Waals surface area (Å²) < 4.78 is 52.4. The maximum Gasteiger partial charge on any atom is 0.393 e. The third kappa shape index (κ3) is 3.87. The third-order valence-electron chi connectivity index (χ3n) is 3.68. The third-order valence-corrected chi connectivity index (χ3v) is 3.91. The van der Waals surface area contributed by atoms with Crippen molar-refractivity contribution in [3.63, 3.8) is 0 Å². The Kier molecular flexibility index (Phi) is 4.76. The number of hydrogen-bond donors (Lipinski definition) is 1. The van der Waals surface area contributed by atoms with E-state index in [2.05, 4.69) is 5.32 Å². The van der Waals surface area contributed by atoms with E-state index >= 15 is 0 Å². The molecule has 1 aromatic carbocycles. The zero-order chi connectivity index (χ0) is 15.6. The molecule has 1 fully saturated rings. The van der Waals surface area contributed by atoms with Gasteiger partial charge in [0, 0.05) is 11.1 Å². The van der Waals surface area contributed by atoms with Crippen LogP contribution in [-0.4, -0.2) is 18.1 Å². The number of rotatable bonds is 2. The van der Waals surface area contributed by atoms with Gasteiger partial charge in [0.25, 0.3) is 5.91 Å². The predicted molar refractivity (Wildman–Crippen MR) is 70.7 cm³/mol. The lowest BCUT2D eigenvalue weighted by molar-refractivity contribution is -0.187. The fraction of sp³-hybridized carbons (Fsp3) is 0.500.